The van der Waals surface area contributed by atoms with Gasteiger partial charge in [0, 0.05) is 45.0 Å². The van der Waals surface area contributed by atoms with Crippen molar-refractivity contribution in [2.75, 3.05) is 55.1 Å². The fraction of sp³-hybridized carbons (Fsp3) is 0.345. The highest BCUT2D eigenvalue weighted by molar-refractivity contribution is 6.02. The lowest BCUT2D eigenvalue weighted by atomic mass is 10.1. The molecule has 9 nitrogen and oxygen atoms in total. The highest BCUT2D eigenvalue weighted by Gasteiger charge is 2.27. The summed E-state index contributed by atoms with van der Waals surface area (Å²) in [6.07, 6.45) is 1.63. The largest absolute Gasteiger partial charge is 0.430 e. The summed E-state index contributed by atoms with van der Waals surface area (Å²) in [6.45, 7) is 5.44. The van der Waals surface area contributed by atoms with Gasteiger partial charge in [0.2, 0.25) is 11.9 Å². The van der Waals surface area contributed by atoms with Crippen molar-refractivity contribution >= 4 is 40.4 Å². The molecule has 40 heavy (non-hydrogen) atoms. The monoisotopic (exact) mass is 551 g/mol. The number of anilines is 6. The molecule has 1 aromatic heterocycles. The van der Waals surface area contributed by atoms with Gasteiger partial charge in [-0.15, -0.1) is 0 Å². The number of nitrogens with one attached hydrogen (secondary N) is 3. The van der Waals surface area contributed by atoms with Crippen molar-refractivity contribution in [3.8, 4) is 5.75 Å². The maximum absolute atomic E-state index is 14.1. The Morgan fingerprint density at radius 2 is 1.90 bits per heavy atom. The Balaban J connectivity index is 1.66. The van der Waals surface area contributed by atoms with Gasteiger partial charge in [-0.3, -0.25) is 4.79 Å². The van der Waals surface area contributed by atoms with Gasteiger partial charge in [0.1, 0.15) is 5.82 Å². The van der Waals surface area contributed by atoms with E-state index >= 15 is 0 Å². The van der Waals surface area contributed by atoms with Gasteiger partial charge in [-0.05, 0) is 68.8 Å². The Morgan fingerprint density at radius 3 is 2.58 bits per heavy atom. The van der Waals surface area contributed by atoms with E-state index in [1.54, 1.807) is 19.3 Å². The van der Waals surface area contributed by atoms with Gasteiger partial charge in [0.05, 0.1) is 17.1 Å². The van der Waals surface area contributed by atoms with Crippen LogP contribution < -0.4 is 25.6 Å². The second-order valence-electron chi connectivity index (χ2n) is 10.1. The maximum atomic E-state index is 14.1. The average Bonchev–Trinajstić information content (AvgIpc) is 3.74. The molecule has 1 fully saturated rings. The number of hydrogen-bond acceptors (Lipinski definition) is 8. The normalized spacial score (nSPS) is 13.1. The van der Waals surface area contributed by atoms with E-state index in [0.717, 1.165) is 11.8 Å². The first kappa shape index (κ1) is 28.8. The molecule has 1 saturated carbocycles. The molecule has 1 heterocycles. The molecule has 212 valence electrons. The topological polar surface area (TPSA) is 94.6 Å². The highest BCUT2D eigenvalue weighted by Crippen LogP contribution is 2.41. The molecular formula is C29H35F2N7O2. The van der Waals surface area contributed by atoms with Gasteiger partial charge in [0.25, 0.3) is 0 Å². The first-order valence-corrected chi connectivity index (χ1v) is 13.0. The molecule has 11 heteroatoms. The minimum absolute atomic E-state index is 0.130. The van der Waals surface area contributed by atoms with E-state index in [0.29, 0.717) is 43.1 Å². The molecule has 0 atom stereocenters. The predicted octanol–water partition coefficient (Wildman–Crippen LogP) is 5.96. The fourth-order valence-corrected chi connectivity index (χ4v) is 4.06. The van der Waals surface area contributed by atoms with E-state index in [1.807, 2.05) is 36.0 Å². The number of aromatic nitrogens is 2. The van der Waals surface area contributed by atoms with Crippen molar-refractivity contribution in [3.63, 3.8) is 0 Å². The number of amides is 1. The molecule has 2 aromatic carbocycles. The lowest BCUT2D eigenvalue weighted by Crippen LogP contribution is -2.29. The number of halogens is 2. The smallest absolute Gasteiger partial charge is 0.394 e. The molecule has 0 spiro atoms. The van der Waals surface area contributed by atoms with Crippen LogP contribution in [-0.4, -0.2) is 61.1 Å². The first-order chi connectivity index (χ1) is 19.0. The summed E-state index contributed by atoms with van der Waals surface area (Å²) in [5.74, 6) is 0.713. The van der Waals surface area contributed by atoms with Crippen molar-refractivity contribution in [2.24, 2.45) is 0 Å². The van der Waals surface area contributed by atoms with Gasteiger partial charge in [0.15, 0.2) is 5.75 Å². The quantitative estimate of drug-likeness (QED) is 0.224. The number of ether oxygens (including phenoxy) is 1. The Bertz CT molecular complexity index is 1360. The zero-order chi connectivity index (χ0) is 28.9. The van der Waals surface area contributed by atoms with E-state index < -0.39 is 12.0 Å². The number of carbonyl (C=O) groups is 1. The third-order valence-electron chi connectivity index (χ3n) is 6.23. The average molecular weight is 552 g/mol. The van der Waals surface area contributed by atoms with Crippen LogP contribution in [-0.2, 0) is 4.79 Å². The Labute approximate surface area is 233 Å². The molecule has 0 bridgehead atoms. The van der Waals surface area contributed by atoms with Crippen LogP contribution in [0.2, 0.25) is 0 Å². The maximum Gasteiger partial charge on any atom is 0.394 e. The highest BCUT2D eigenvalue weighted by atomic mass is 19.3. The number of rotatable bonds is 13. The molecule has 3 N–H and O–H groups in total. The number of carbonyl (C=O) groups excluding carboxylic acids is 1. The minimum atomic E-state index is -3.46. The van der Waals surface area contributed by atoms with Crippen LogP contribution >= 0.6 is 0 Å². The first-order valence-electron chi connectivity index (χ1n) is 13.0. The van der Waals surface area contributed by atoms with E-state index in [4.69, 9.17) is 4.74 Å². The standard InChI is InChI=1S/C29H35F2N7O2/c1-6-27(39)34-22-17-23(25(40-29(2,30)31)18-24(22)38(5)15-14-37(3)4)35-28-32-13-12-26(36-28)33-21-9-7-8-20(16-21)19-10-11-19/h6-9,12-13,16-19H,1,10-11,14-15H2,2-5H3,(H,34,39)(H2,32,33,35,36). The van der Waals surface area contributed by atoms with Crippen molar-refractivity contribution < 1.29 is 18.3 Å². The van der Waals surface area contributed by atoms with Crippen molar-refractivity contribution in [3.05, 3.63) is 66.9 Å². The van der Waals surface area contributed by atoms with Gasteiger partial charge in [-0.1, -0.05) is 18.7 Å². The van der Waals surface area contributed by atoms with Crippen molar-refractivity contribution in [1.29, 1.82) is 0 Å². The summed E-state index contributed by atoms with van der Waals surface area (Å²) >= 11 is 0. The number of benzene rings is 2. The van der Waals surface area contributed by atoms with Crippen molar-refractivity contribution in [1.82, 2.24) is 14.9 Å². The van der Waals surface area contributed by atoms with E-state index in [2.05, 4.69) is 44.6 Å². The van der Waals surface area contributed by atoms with Gasteiger partial charge in [-0.25, -0.2) is 4.98 Å². The third kappa shape index (κ3) is 8.12. The van der Waals surface area contributed by atoms with Crippen LogP contribution in [0, 0.1) is 0 Å². The summed E-state index contributed by atoms with van der Waals surface area (Å²) in [4.78, 5) is 24.8. The summed E-state index contributed by atoms with van der Waals surface area (Å²) in [5.41, 5.74) is 3.20. The number of alkyl halides is 2. The van der Waals surface area contributed by atoms with Gasteiger partial charge >= 0.3 is 6.11 Å². The molecular weight excluding hydrogens is 516 g/mol. The molecule has 0 unspecified atom stereocenters. The fourth-order valence-electron chi connectivity index (χ4n) is 4.06. The lowest BCUT2D eigenvalue weighted by molar-refractivity contribution is -0.158. The zero-order valence-corrected chi connectivity index (χ0v) is 23.2. The van der Waals surface area contributed by atoms with Gasteiger partial charge < -0.3 is 30.5 Å². The summed E-state index contributed by atoms with van der Waals surface area (Å²) in [5, 5.41) is 9.02. The van der Waals surface area contributed by atoms with Crippen LogP contribution in [0.3, 0.4) is 0 Å². The van der Waals surface area contributed by atoms with Crippen LogP contribution in [0.15, 0.2) is 61.3 Å². The SMILES string of the molecule is C=CC(=O)Nc1cc(Nc2nccc(Nc3cccc(C4CC4)c3)n2)c(OC(C)(F)F)cc1N(C)CCN(C)C. The van der Waals surface area contributed by atoms with Crippen molar-refractivity contribution in [2.45, 2.75) is 31.8 Å². The Hall–Kier alpha value is -4.25. The van der Waals surface area contributed by atoms with Crippen LogP contribution in [0.25, 0.3) is 0 Å². The van der Waals surface area contributed by atoms with E-state index in [9.17, 15) is 13.6 Å². The number of nitrogens with zero attached hydrogens (tertiary/aromatic N) is 4. The molecule has 0 saturated heterocycles. The van der Waals surface area contributed by atoms with E-state index in [1.165, 1.54) is 30.5 Å². The molecule has 1 amide bonds. The zero-order valence-electron chi connectivity index (χ0n) is 23.2. The van der Waals surface area contributed by atoms with Crippen LogP contribution in [0.5, 0.6) is 5.75 Å². The number of hydrogen-bond donors (Lipinski definition) is 3. The Morgan fingerprint density at radius 1 is 1.12 bits per heavy atom. The van der Waals surface area contributed by atoms with Crippen LogP contribution in [0.1, 0.15) is 31.2 Å². The molecule has 3 aromatic rings. The Kier molecular flexibility index (Phi) is 8.83. The molecule has 4 rings (SSSR count). The summed E-state index contributed by atoms with van der Waals surface area (Å²) in [6, 6.07) is 12.9. The summed E-state index contributed by atoms with van der Waals surface area (Å²) < 4.78 is 33.2. The van der Waals surface area contributed by atoms with E-state index in [-0.39, 0.29) is 17.4 Å². The van der Waals surface area contributed by atoms with Gasteiger partial charge in [-0.2, -0.15) is 13.8 Å². The summed E-state index contributed by atoms with van der Waals surface area (Å²) in [7, 11) is 5.67. The second kappa shape index (κ2) is 12.3. The molecule has 0 aliphatic heterocycles. The molecule has 0 radical (unpaired) electrons. The lowest BCUT2D eigenvalue weighted by Gasteiger charge is -2.26. The molecule has 1 aliphatic rings. The molecule has 1 aliphatic carbocycles. The second-order valence-corrected chi connectivity index (χ2v) is 10.1. The number of likely N-dealkylation sites (N-methyl/N-ethyl adjacent to an activating group) is 2. The third-order valence-corrected chi connectivity index (χ3v) is 6.23. The minimum Gasteiger partial charge on any atom is -0.430 e. The predicted molar refractivity (Wildman–Crippen MR) is 155 cm³/mol. The van der Waals surface area contributed by atoms with Crippen LogP contribution in [0.4, 0.5) is 43.3 Å².